The highest BCUT2D eigenvalue weighted by atomic mass is 28.4. The van der Waals surface area contributed by atoms with Crippen LogP contribution in [0.25, 0.3) is 0 Å². The Kier molecular flexibility index (Phi) is 12.3. The quantitative estimate of drug-likeness (QED) is 0.212. The molecule has 23 heavy (non-hydrogen) atoms. The van der Waals surface area contributed by atoms with Crippen molar-refractivity contribution in [2.24, 2.45) is 0 Å². The SMILES string of the molecule is CCCCO[Si](CCCCC1CO1)(OCCCC)OCCCC. The van der Waals surface area contributed by atoms with E-state index in [1.165, 1.54) is 12.8 Å². The molecule has 0 radical (unpaired) electrons. The third-order valence-corrected chi connectivity index (χ3v) is 7.02. The van der Waals surface area contributed by atoms with Crippen molar-refractivity contribution in [3.8, 4) is 0 Å². The van der Waals surface area contributed by atoms with Crippen LogP contribution in [0.15, 0.2) is 0 Å². The summed E-state index contributed by atoms with van der Waals surface area (Å²) in [5, 5.41) is 0. The first-order valence-electron chi connectivity index (χ1n) is 9.79. The molecule has 1 heterocycles. The highest BCUT2D eigenvalue weighted by Gasteiger charge is 2.40. The first-order valence-corrected chi connectivity index (χ1v) is 11.7. The molecule has 0 aromatic carbocycles. The van der Waals surface area contributed by atoms with Gasteiger partial charge in [-0.15, -0.1) is 0 Å². The summed E-state index contributed by atoms with van der Waals surface area (Å²) >= 11 is 0. The second kappa shape index (κ2) is 13.4. The first-order chi connectivity index (χ1) is 11.3. The zero-order valence-electron chi connectivity index (χ0n) is 15.6. The summed E-state index contributed by atoms with van der Waals surface area (Å²) in [7, 11) is -2.50. The van der Waals surface area contributed by atoms with Gasteiger partial charge in [-0.2, -0.15) is 0 Å². The minimum absolute atomic E-state index is 0.522. The van der Waals surface area contributed by atoms with Gasteiger partial charge in [-0.05, 0) is 32.1 Å². The molecule has 4 nitrogen and oxygen atoms in total. The summed E-state index contributed by atoms with van der Waals surface area (Å²) in [6.07, 6.45) is 10.7. The molecule has 0 N–H and O–H groups in total. The summed E-state index contributed by atoms with van der Waals surface area (Å²) < 4.78 is 24.0. The molecule has 138 valence electrons. The van der Waals surface area contributed by atoms with Gasteiger partial charge < -0.3 is 18.0 Å². The summed E-state index contributed by atoms with van der Waals surface area (Å²) in [5.74, 6) is 0. The van der Waals surface area contributed by atoms with Crippen LogP contribution in [0.2, 0.25) is 6.04 Å². The van der Waals surface area contributed by atoms with Crippen molar-refractivity contribution in [3.63, 3.8) is 0 Å². The van der Waals surface area contributed by atoms with Gasteiger partial charge in [0.25, 0.3) is 0 Å². The summed E-state index contributed by atoms with van der Waals surface area (Å²) in [6.45, 7) is 9.84. The van der Waals surface area contributed by atoms with Gasteiger partial charge in [-0.3, -0.25) is 0 Å². The van der Waals surface area contributed by atoms with Crippen LogP contribution in [0.3, 0.4) is 0 Å². The molecule has 1 fully saturated rings. The van der Waals surface area contributed by atoms with Crippen molar-refractivity contribution in [2.75, 3.05) is 26.4 Å². The predicted molar refractivity (Wildman–Crippen MR) is 96.7 cm³/mol. The minimum Gasteiger partial charge on any atom is -0.373 e. The van der Waals surface area contributed by atoms with Crippen LogP contribution >= 0.6 is 0 Å². The zero-order chi connectivity index (χ0) is 16.8. The van der Waals surface area contributed by atoms with Gasteiger partial charge in [0.05, 0.1) is 12.7 Å². The Balaban J connectivity index is 2.47. The Labute approximate surface area is 144 Å². The molecule has 1 unspecified atom stereocenters. The lowest BCUT2D eigenvalue weighted by molar-refractivity contribution is 0.0556. The lowest BCUT2D eigenvalue weighted by Gasteiger charge is -2.30. The van der Waals surface area contributed by atoms with Crippen molar-refractivity contribution in [1.29, 1.82) is 0 Å². The average molecular weight is 347 g/mol. The molecular weight excluding hydrogens is 308 g/mol. The fourth-order valence-electron chi connectivity index (χ4n) is 2.41. The average Bonchev–Trinajstić information content (AvgIpc) is 3.37. The number of hydrogen-bond acceptors (Lipinski definition) is 4. The number of rotatable bonds is 17. The summed E-state index contributed by atoms with van der Waals surface area (Å²) in [5.41, 5.74) is 0. The van der Waals surface area contributed by atoms with E-state index in [0.717, 1.165) is 77.4 Å². The normalized spacial score (nSPS) is 17.6. The number of hydrogen-bond donors (Lipinski definition) is 0. The smallest absolute Gasteiger partial charge is 0.373 e. The molecule has 0 aromatic heterocycles. The van der Waals surface area contributed by atoms with Gasteiger partial charge in [0.2, 0.25) is 0 Å². The maximum absolute atomic E-state index is 6.25. The van der Waals surface area contributed by atoms with E-state index in [0.29, 0.717) is 6.10 Å². The van der Waals surface area contributed by atoms with E-state index in [1.807, 2.05) is 0 Å². The lowest BCUT2D eigenvalue weighted by atomic mass is 10.2. The van der Waals surface area contributed by atoms with E-state index in [9.17, 15) is 0 Å². The van der Waals surface area contributed by atoms with E-state index in [-0.39, 0.29) is 0 Å². The van der Waals surface area contributed by atoms with Gasteiger partial charge in [0.1, 0.15) is 0 Å². The summed E-state index contributed by atoms with van der Waals surface area (Å²) in [6, 6.07) is 0.955. The molecule has 1 rings (SSSR count). The van der Waals surface area contributed by atoms with Gasteiger partial charge in [0, 0.05) is 25.9 Å². The van der Waals surface area contributed by atoms with Crippen LogP contribution in [-0.2, 0) is 18.0 Å². The van der Waals surface area contributed by atoms with E-state index < -0.39 is 8.80 Å². The maximum atomic E-state index is 6.25. The molecule has 0 aliphatic carbocycles. The van der Waals surface area contributed by atoms with E-state index in [1.54, 1.807) is 0 Å². The van der Waals surface area contributed by atoms with Crippen molar-refractivity contribution in [3.05, 3.63) is 0 Å². The van der Waals surface area contributed by atoms with Crippen LogP contribution < -0.4 is 0 Å². The molecule has 5 heteroatoms. The Bertz CT molecular complexity index is 245. The van der Waals surface area contributed by atoms with E-state index >= 15 is 0 Å². The van der Waals surface area contributed by atoms with Crippen molar-refractivity contribution >= 4 is 8.80 Å². The van der Waals surface area contributed by atoms with Crippen LogP contribution in [-0.4, -0.2) is 41.3 Å². The van der Waals surface area contributed by atoms with Crippen molar-refractivity contribution < 1.29 is 18.0 Å². The van der Waals surface area contributed by atoms with Crippen molar-refractivity contribution in [1.82, 2.24) is 0 Å². The molecule has 1 aliphatic heterocycles. The van der Waals surface area contributed by atoms with Gasteiger partial charge in [0.15, 0.2) is 0 Å². The second-order valence-corrected chi connectivity index (χ2v) is 9.22. The molecular formula is C18H38O4Si. The molecule has 0 aromatic rings. The molecule has 0 bridgehead atoms. The molecule has 0 amide bonds. The summed E-state index contributed by atoms with van der Waals surface area (Å²) in [4.78, 5) is 0. The third-order valence-electron chi connectivity index (χ3n) is 4.12. The molecule has 1 aliphatic rings. The van der Waals surface area contributed by atoms with Gasteiger partial charge in [-0.25, -0.2) is 0 Å². The lowest BCUT2D eigenvalue weighted by Crippen LogP contribution is -2.46. The van der Waals surface area contributed by atoms with Crippen LogP contribution in [0.1, 0.15) is 78.6 Å². The Morgan fingerprint density at radius 1 is 0.783 bits per heavy atom. The fourth-order valence-corrected chi connectivity index (χ4v) is 5.14. The standard InChI is InChI=1S/C18H38O4Si/c1-4-7-13-20-23(21-14-8-5-2,22-15-9-6-3)16-11-10-12-18-17-19-18/h18H,4-17H2,1-3H3. The fraction of sp³-hybridized carbons (Fsp3) is 1.00. The van der Waals surface area contributed by atoms with Crippen LogP contribution in [0.4, 0.5) is 0 Å². The maximum Gasteiger partial charge on any atom is 0.500 e. The monoisotopic (exact) mass is 346 g/mol. The Morgan fingerprint density at radius 2 is 1.26 bits per heavy atom. The first kappa shape index (κ1) is 21.1. The number of ether oxygens (including phenoxy) is 1. The van der Waals surface area contributed by atoms with Crippen molar-refractivity contribution in [2.45, 2.75) is 90.7 Å². The Hall–Kier alpha value is 0.0569. The highest BCUT2D eigenvalue weighted by Crippen LogP contribution is 2.24. The minimum atomic E-state index is -2.50. The zero-order valence-corrected chi connectivity index (χ0v) is 16.6. The second-order valence-electron chi connectivity index (χ2n) is 6.49. The topological polar surface area (TPSA) is 40.2 Å². The van der Waals surface area contributed by atoms with Crippen LogP contribution in [0, 0.1) is 0 Å². The van der Waals surface area contributed by atoms with E-state index in [4.69, 9.17) is 18.0 Å². The van der Waals surface area contributed by atoms with E-state index in [2.05, 4.69) is 20.8 Å². The highest BCUT2D eigenvalue weighted by molar-refractivity contribution is 6.60. The van der Waals surface area contributed by atoms with Gasteiger partial charge >= 0.3 is 8.80 Å². The number of epoxide rings is 1. The largest absolute Gasteiger partial charge is 0.500 e. The molecule has 1 saturated heterocycles. The van der Waals surface area contributed by atoms with Gasteiger partial charge in [-0.1, -0.05) is 46.5 Å². The van der Waals surface area contributed by atoms with Crippen LogP contribution in [0.5, 0.6) is 0 Å². The molecule has 1 atom stereocenters. The molecule has 0 saturated carbocycles. The third kappa shape index (κ3) is 10.5. The molecule has 0 spiro atoms. The Morgan fingerprint density at radius 3 is 1.65 bits per heavy atom. The predicted octanol–water partition coefficient (Wildman–Crippen LogP) is 4.94. The number of unbranched alkanes of at least 4 members (excludes halogenated alkanes) is 4.